The summed E-state index contributed by atoms with van der Waals surface area (Å²) in [5.41, 5.74) is 1.24. The van der Waals surface area contributed by atoms with Crippen molar-refractivity contribution < 1.29 is 0 Å². The minimum atomic E-state index is 0.616. The quantitative estimate of drug-likeness (QED) is 0.707. The zero-order chi connectivity index (χ0) is 11.3. The Morgan fingerprint density at radius 2 is 2.27 bits per heavy atom. The van der Waals surface area contributed by atoms with Gasteiger partial charge >= 0.3 is 0 Å². The van der Waals surface area contributed by atoms with Crippen LogP contribution in [0, 0.1) is 0 Å². The van der Waals surface area contributed by atoms with Gasteiger partial charge in [-0.25, -0.2) is 0 Å². The highest BCUT2D eigenvalue weighted by Gasteiger charge is 2.01. The van der Waals surface area contributed by atoms with E-state index in [1.807, 2.05) is 24.1 Å². The Morgan fingerprint density at radius 3 is 2.80 bits per heavy atom. The molecule has 15 heavy (non-hydrogen) atoms. The van der Waals surface area contributed by atoms with E-state index in [4.69, 9.17) is 0 Å². The number of hydrogen-bond acceptors (Lipinski definition) is 3. The van der Waals surface area contributed by atoms with Crippen LogP contribution in [-0.2, 0) is 13.6 Å². The number of likely N-dealkylation sites (N-methyl/N-ethyl adjacent to an activating group) is 1. The maximum atomic E-state index is 4.12. The van der Waals surface area contributed by atoms with Gasteiger partial charge in [0.2, 0.25) is 0 Å². The van der Waals surface area contributed by atoms with Crippen LogP contribution in [0.25, 0.3) is 0 Å². The molecule has 0 saturated carbocycles. The molecule has 0 atom stereocenters. The van der Waals surface area contributed by atoms with E-state index >= 15 is 0 Å². The smallest absolute Gasteiger partial charge is 0.0534 e. The normalized spacial score (nSPS) is 11.6. The Hall–Kier alpha value is -0.870. The molecule has 0 aliphatic carbocycles. The van der Waals surface area contributed by atoms with Crippen molar-refractivity contribution in [1.29, 1.82) is 0 Å². The van der Waals surface area contributed by atoms with Crippen LogP contribution in [-0.4, -0.2) is 40.9 Å². The number of nitrogens with zero attached hydrogens (tertiary/aromatic N) is 3. The van der Waals surface area contributed by atoms with Gasteiger partial charge in [0.1, 0.15) is 0 Å². The van der Waals surface area contributed by atoms with E-state index in [2.05, 4.69) is 36.2 Å². The highest BCUT2D eigenvalue weighted by molar-refractivity contribution is 5.02. The third kappa shape index (κ3) is 4.44. The van der Waals surface area contributed by atoms with E-state index in [0.717, 1.165) is 19.6 Å². The van der Waals surface area contributed by atoms with Crippen molar-refractivity contribution in [2.75, 3.05) is 20.1 Å². The van der Waals surface area contributed by atoms with Gasteiger partial charge in [0.05, 0.1) is 6.20 Å². The van der Waals surface area contributed by atoms with Gasteiger partial charge in [-0.05, 0) is 20.9 Å². The number of nitrogens with one attached hydrogen (secondary N) is 1. The Morgan fingerprint density at radius 1 is 1.53 bits per heavy atom. The first-order valence-corrected chi connectivity index (χ1v) is 5.48. The predicted molar refractivity (Wildman–Crippen MR) is 62.7 cm³/mol. The number of rotatable bonds is 6. The average Bonchev–Trinajstić information content (AvgIpc) is 2.58. The summed E-state index contributed by atoms with van der Waals surface area (Å²) in [6.45, 7) is 7.42. The van der Waals surface area contributed by atoms with E-state index < -0.39 is 0 Å². The van der Waals surface area contributed by atoms with Gasteiger partial charge in [-0.2, -0.15) is 5.10 Å². The van der Waals surface area contributed by atoms with E-state index in [9.17, 15) is 0 Å². The van der Waals surface area contributed by atoms with E-state index in [0.29, 0.717) is 6.04 Å². The largest absolute Gasteiger partial charge is 0.311 e. The topological polar surface area (TPSA) is 33.1 Å². The van der Waals surface area contributed by atoms with Crippen LogP contribution in [0.3, 0.4) is 0 Å². The van der Waals surface area contributed by atoms with E-state index in [-0.39, 0.29) is 0 Å². The maximum absolute atomic E-state index is 4.12. The Labute approximate surface area is 92.3 Å². The zero-order valence-electron chi connectivity index (χ0n) is 10.2. The monoisotopic (exact) mass is 210 g/mol. The molecule has 1 rings (SSSR count). The zero-order valence-corrected chi connectivity index (χ0v) is 10.2. The van der Waals surface area contributed by atoms with Crippen molar-refractivity contribution in [3.8, 4) is 0 Å². The Bertz CT molecular complexity index is 280. The molecule has 1 aromatic rings. The predicted octanol–water partition coefficient (Wildman–Crippen LogP) is 0.850. The number of hydrogen-bond donors (Lipinski definition) is 1. The van der Waals surface area contributed by atoms with Crippen molar-refractivity contribution in [1.82, 2.24) is 20.0 Å². The van der Waals surface area contributed by atoms with Crippen LogP contribution in [0.4, 0.5) is 0 Å². The van der Waals surface area contributed by atoms with Crippen molar-refractivity contribution in [2.45, 2.75) is 26.4 Å². The fraction of sp³-hybridized carbons (Fsp3) is 0.727. The molecule has 0 spiro atoms. The third-order valence-corrected chi connectivity index (χ3v) is 2.61. The van der Waals surface area contributed by atoms with Crippen molar-refractivity contribution in [3.05, 3.63) is 18.0 Å². The summed E-state index contributed by atoms with van der Waals surface area (Å²) in [6.07, 6.45) is 3.94. The molecule has 1 aromatic heterocycles. The summed E-state index contributed by atoms with van der Waals surface area (Å²) < 4.78 is 1.83. The van der Waals surface area contributed by atoms with Gasteiger partial charge < -0.3 is 10.2 Å². The molecule has 0 fully saturated rings. The minimum absolute atomic E-state index is 0.616. The first-order valence-electron chi connectivity index (χ1n) is 5.48. The van der Waals surface area contributed by atoms with Gasteiger partial charge in [0.15, 0.2) is 0 Å². The van der Waals surface area contributed by atoms with Crippen molar-refractivity contribution >= 4 is 0 Å². The highest BCUT2D eigenvalue weighted by atomic mass is 15.2. The molecule has 0 unspecified atom stereocenters. The molecule has 0 bridgehead atoms. The lowest BCUT2D eigenvalue weighted by Gasteiger charge is -2.20. The number of aromatic nitrogens is 2. The standard InChI is InChI=1S/C11H22N4/c1-10(2)14(3)6-5-12-7-11-8-13-15(4)9-11/h8-10,12H,5-7H2,1-4H3. The molecular weight excluding hydrogens is 188 g/mol. The van der Waals surface area contributed by atoms with Crippen molar-refractivity contribution in [2.24, 2.45) is 7.05 Å². The maximum Gasteiger partial charge on any atom is 0.0534 e. The van der Waals surface area contributed by atoms with Gasteiger partial charge in [0, 0.05) is 44.5 Å². The molecule has 1 N–H and O–H groups in total. The summed E-state index contributed by atoms with van der Waals surface area (Å²) >= 11 is 0. The molecule has 4 nitrogen and oxygen atoms in total. The van der Waals surface area contributed by atoms with Crippen LogP contribution in [0.5, 0.6) is 0 Å². The molecular formula is C11H22N4. The minimum Gasteiger partial charge on any atom is -0.311 e. The third-order valence-electron chi connectivity index (χ3n) is 2.61. The summed E-state index contributed by atoms with van der Waals surface area (Å²) in [7, 11) is 4.09. The Balaban J connectivity index is 2.12. The first-order chi connectivity index (χ1) is 7.09. The second-order valence-electron chi connectivity index (χ2n) is 4.27. The molecule has 0 saturated heterocycles. The summed E-state index contributed by atoms with van der Waals surface area (Å²) in [5, 5.41) is 7.53. The van der Waals surface area contributed by atoms with E-state index in [1.165, 1.54) is 5.56 Å². The molecule has 86 valence electrons. The Kier molecular flexibility index (Phi) is 4.78. The molecule has 0 aliphatic heterocycles. The molecule has 0 aromatic carbocycles. The lowest BCUT2D eigenvalue weighted by Crippen LogP contribution is -2.33. The van der Waals surface area contributed by atoms with Gasteiger partial charge in [-0.1, -0.05) is 0 Å². The first kappa shape index (κ1) is 12.2. The molecule has 0 radical (unpaired) electrons. The van der Waals surface area contributed by atoms with Crippen LogP contribution in [0.15, 0.2) is 12.4 Å². The fourth-order valence-electron chi connectivity index (χ4n) is 1.31. The lowest BCUT2D eigenvalue weighted by molar-refractivity contribution is 0.273. The van der Waals surface area contributed by atoms with Gasteiger partial charge in [-0.15, -0.1) is 0 Å². The fourth-order valence-corrected chi connectivity index (χ4v) is 1.31. The van der Waals surface area contributed by atoms with Gasteiger partial charge in [-0.3, -0.25) is 4.68 Å². The second-order valence-corrected chi connectivity index (χ2v) is 4.27. The van der Waals surface area contributed by atoms with Crippen molar-refractivity contribution in [3.63, 3.8) is 0 Å². The SMILES string of the molecule is CC(C)N(C)CCNCc1cnn(C)c1. The summed E-state index contributed by atoms with van der Waals surface area (Å²) in [6, 6.07) is 0.616. The number of aryl methyl sites for hydroxylation is 1. The van der Waals surface area contributed by atoms with Crippen LogP contribution in [0.2, 0.25) is 0 Å². The summed E-state index contributed by atoms with van der Waals surface area (Å²) in [4.78, 5) is 2.33. The summed E-state index contributed by atoms with van der Waals surface area (Å²) in [5.74, 6) is 0. The second kappa shape index (κ2) is 5.88. The highest BCUT2D eigenvalue weighted by Crippen LogP contribution is 1.95. The molecule has 0 aliphatic rings. The lowest BCUT2D eigenvalue weighted by atomic mass is 10.3. The molecule has 4 heteroatoms. The average molecular weight is 210 g/mol. The van der Waals surface area contributed by atoms with E-state index in [1.54, 1.807) is 0 Å². The van der Waals surface area contributed by atoms with Gasteiger partial charge in [0.25, 0.3) is 0 Å². The molecule has 0 amide bonds. The van der Waals surface area contributed by atoms with Crippen LogP contribution in [0.1, 0.15) is 19.4 Å². The molecule has 1 heterocycles. The van der Waals surface area contributed by atoms with Crippen LogP contribution < -0.4 is 5.32 Å². The van der Waals surface area contributed by atoms with Crippen LogP contribution >= 0.6 is 0 Å².